The van der Waals surface area contributed by atoms with Crippen molar-refractivity contribution in [2.45, 2.75) is 51.5 Å². The summed E-state index contributed by atoms with van der Waals surface area (Å²) in [5, 5.41) is 0. The molecule has 0 radical (unpaired) electrons. The molecule has 4 saturated carbocycles. The molecule has 4 bridgehead atoms. The van der Waals surface area contributed by atoms with E-state index in [1.165, 1.54) is 38.5 Å². The molecule has 5 aliphatic rings. The summed E-state index contributed by atoms with van der Waals surface area (Å²) in [6, 6.07) is 0.107. The van der Waals surface area contributed by atoms with Gasteiger partial charge in [0.05, 0.1) is 19.3 Å². The molecule has 0 unspecified atom stereocenters. The Bertz CT molecular complexity index is 365. The number of hydrogen-bond acceptors (Lipinski definition) is 3. The summed E-state index contributed by atoms with van der Waals surface area (Å²) in [6.45, 7) is 5.59. The molecule has 1 saturated heterocycles. The summed E-state index contributed by atoms with van der Waals surface area (Å²) in [5.74, 6) is 3.16. The lowest BCUT2D eigenvalue weighted by atomic mass is 9.48. The van der Waals surface area contributed by atoms with Crippen LogP contribution in [0.4, 0.5) is 0 Å². The van der Waals surface area contributed by atoms with E-state index in [0.29, 0.717) is 5.78 Å². The molecule has 1 atom stereocenters. The summed E-state index contributed by atoms with van der Waals surface area (Å²) in [7, 11) is 0. The van der Waals surface area contributed by atoms with Gasteiger partial charge in [0.25, 0.3) is 0 Å². The maximum Gasteiger partial charge on any atom is 0.155 e. The Morgan fingerprint density at radius 1 is 1.05 bits per heavy atom. The Kier molecular flexibility index (Phi) is 3.19. The summed E-state index contributed by atoms with van der Waals surface area (Å²) in [6.07, 6.45) is 7.85. The molecule has 0 amide bonds. The Balaban J connectivity index is 1.52. The molecule has 3 nitrogen and oxygen atoms in total. The zero-order valence-corrected chi connectivity index (χ0v) is 12.6. The first kappa shape index (κ1) is 13.3. The molecule has 0 spiro atoms. The SMILES string of the molecule is C[C@H](C(=O)C12CC3CC(CC(C3)C1)C2)N1CCOCC1. The van der Waals surface area contributed by atoms with Gasteiger partial charge in [-0.3, -0.25) is 9.69 Å². The number of carbonyl (C=O) groups excluding carboxylic acids is 1. The maximum absolute atomic E-state index is 13.2. The van der Waals surface area contributed by atoms with Gasteiger partial charge < -0.3 is 4.74 Å². The van der Waals surface area contributed by atoms with Crippen molar-refractivity contribution < 1.29 is 9.53 Å². The van der Waals surface area contributed by atoms with E-state index in [1.807, 2.05) is 0 Å². The third kappa shape index (κ3) is 2.05. The predicted molar refractivity (Wildman–Crippen MR) is 77.5 cm³/mol. The highest BCUT2D eigenvalue weighted by molar-refractivity contribution is 5.89. The summed E-state index contributed by atoms with van der Waals surface area (Å²) >= 11 is 0. The molecule has 0 N–H and O–H groups in total. The largest absolute Gasteiger partial charge is 0.379 e. The molecule has 4 aliphatic carbocycles. The van der Waals surface area contributed by atoms with Crippen molar-refractivity contribution in [3.63, 3.8) is 0 Å². The zero-order chi connectivity index (χ0) is 13.7. The average Bonchev–Trinajstić information content (AvgIpc) is 2.45. The lowest BCUT2D eigenvalue weighted by Crippen LogP contribution is -2.56. The Morgan fingerprint density at radius 2 is 1.55 bits per heavy atom. The van der Waals surface area contributed by atoms with Gasteiger partial charge in [-0.25, -0.2) is 0 Å². The van der Waals surface area contributed by atoms with Gasteiger partial charge in [0, 0.05) is 18.5 Å². The van der Waals surface area contributed by atoms with Gasteiger partial charge in [-0.2, -0.15) is 0 Å². The van der Waals surface area contributed by atoms with Crippen LogP contribution in [0.1, 0.15) is 45.4 Å². The number of nitrogens with zero attached hydrogens (tertiary/aromatic N) is 1. The Morgan fingerprint density at radius 3 is 2.05 bits per heavy atom. The van der Waals surface area contributed by atoms with E-state index >= 15 is 0 Å². The number of Topliss-reactive ketones (excluding diaryl/α,β-unsaturated/α-hetero) is 1. The van der Waals surface area contributed by atoms with Crippen LogP contribution < -0.4 is 0 Å². The van der Waals surface area contributed by atoms with Crippen LogP contribution in [0, 0.1) is 23.2 Å². The molecule has 5 fully saturated rings. The first-order chi connectivity index (χ1) is 9.66. The third-order valence-corrected chi connectivity index (χ3v) is 6.53. The van der Waals surface area contributed by atoms with Gasteiger partial charge in [0.2, 0.25) is 0 Å². The highest BCUT2D eigenvalue weighted by Gasteiger charge is 2.55. The topological polar surface area (TPSA) is 29.5 Å². The summed E-state index contributed by atoms with van der Waals surface area (Å²) < 4.78 is 5.43. The minimum atomic E-state index is 0.0620. The third-order valence-electron chi connectivity index (χ3n) is 6.53. The van der Waals surface area contributed by atoms with E-state index in [-0.39, 0.29) is 11.5 Å². The fourth-order valence-electron chi connectivity index (χ4n) is 5.99. The van der Waals surface area contributed by atoms with Gasteiger partial charge in [-0.15, -0.1) is 0 Å². The number of rotatable bonds is 3. The van der Waals surface area contributed by atoms with Crippen molar-refractivity contribution in [2.75, 3.05) is 26.3 Å². The van der Waals surface area contributed by atoms with Crippen LogP contribution in [-0.2, 0) is 9.53 Å². The van der Waals surface area contributed by atoms with E-state index in [0.717, 1.165) is 44.1 Å². The van der Waals surface area contributed by atoms with E-state index in [2.05, 4.69) is 11.8 Å². The first-order valence-corrected chi connectivity index (χ1v) is 8.52. The average molecular weight is 277 g/mol. The molecule has 1 aliphatic heterocycles. The van der Waals surface area contributed by atoms with Crippen LogP contribution in [-0.4, -0.2) is 43.0 Å². The summed E-state index contributed by atoms with van der Waals surface area (Å²) in [5.41, 5.74) is 0.0620. The zero-order valence-electron chi connectivity index (χ0n) is 12.6. The number of ether oxygens (including phenoxy) is 1. The van der Waals surface area contributed by atoms with Crippen LogP contribution in [0.2, 0.25) is 0 Å². The van der Waals surface area contributed by atoms with Crippen LogP contribution in [0.25, 0.3) is 0 Å². The minimum absolute atomic E-state index is 0.0620. The number of morpholine rings is 1. The molecule has 1 heterocycles. The maximum atomic E-state index is 13.2. The molecule has 112 valence electrons. The second-order valence-corrected chi connectivity index (χ2v) is 7.89. The van der Waals surface area contributed by atoms with Crippen LogP contribution >= 0.6 is 0 Å². The molecular weight excluding hydrogens is 250 g/mol. The van der Waals surface area contributed by atoms with Gasteiger partial charge in [-0.05, 0) is 63.2 Å². The summed E-state index contributed by atoms with van der Waals surface area (Å²) in [4.78, 5) is 15.6. The van der Waals surface area contributed by atoms with Gasteiger partial charge in [0.15, 0.2) is 5.78 Å². The lowest BCUT2D eigenvalue weighted by Gasteiger charge is -2.57. The second-order valence-electron chi connectivity index (χ2n) is 7.89. The Labute approximate surface area is 122 Å². The minimum Gasteiger partial charge on any atom is -0.379 e. The number of carbonyl (C=O) groups is 1. The van der Waals surface area contributed by atoms with E-state index in [4.69, 9.17) is 4.74 Å². The molecule has 20 heavy (non-hydrogen) atoms. The van der Waals surface area contributed by atoms with Crippen molar-refractivity contribution in [1.82, 2.24) is 4.90 Å². The predicted octanol–water partition coefficient (Wildman–Crippen LogP) is 2.49. The van der Waals surface area contributed by atoms with Crippen molar-refractivity contribution in [1.29, 1.82) is 0 Å². The fraction of sp³-hybridized carbons (Fsp3) is 0.941. The van der Waals surface area contributed by atoms with Crippen LogP contribution in [0.3, 0.4) is 0 Å². The monoisotopic (exact) mass is 277 g/mol. The highest BCUT2D eigenvalue weighted by atomic mass is 16.5. The number of hydrogen-bond donors (Lipinski definition) is 0. The molecule has 0 aromatic rings. The van der Waals surface area contributed by atoms with Crippen molar-refractivity contribution in [3.05, 3.63) is 0 Å². The Hall–Kier alpha value is -0.410. The first-order valence-electron chi connectivity index (χ1n) is 8.52. The van der Waals surface area contributed by atoms with Crippen molar-refractivity contribution in [3.8, 4) is 0 Å². The van der Waals surface area contributed by atoms with E-state index in [9.17, 15) is 4.79 Å². The van der Waals surface area contributed by atoms with Gasteiger partial charge >= 0.3 is 0 Å². The van der Waals surface area contributed by atoms with Crippen molar-refractivity contribution in [2.24, 2.45) is 23.2 Å². The molecule has 3 heteroatoms. The van der Waals surface area contributed by atoms with Gasteiger partial charge in [0.1, 0.15) is 0 Å². The van der Waals surface area contributed by atoms with E-state index < -0.39 is 0 Å². The quantitative estimate of drug-likeness (QED) is 0.794. The van der Waals surface area contributed by atoms with E-state index in [1.54, 1.807) is 0 Å². The highest BCUT2D eigenvalue weighted by Crippen LogP contribution is 2.60. The molecule has 0 aromatic heterocycles. The van der Waals surface area contributed by atoms with Gasteiger partial charge in [-0.1, -0.05) is 0 Å². The number of ketones is 1. The van der Waals surface area contributed by atoms with Crippen LogP contribution in [0.15, 0.2) is 0 Å². The fourth-order valence-corrected chi connectivity index (χ4v) is 5.99. The van der Waals surface area contributed by atoms with Crippen molar-refractivity contribution >= 4 is 5.78 Å². The van der Waals surface area contributed by atoms with Crippen LogP contribution in [0.5, 0.6) is 0 Å². The lowest BCUT2D eigenvalue weighted by molar-refractivity contribution is -0.150. The molecule has 5 rings (SSSR count). The molecule has 0 aromatic carbocycles. The standard InChI is InChI=1S/C17H27NO2/c1-12(18-2-4-20-5-3-18)16(19)17-9-13-6-14(10-17)8-15(7-13)11-17/h12-15H,2-11H2,1H3/t12-,13?,14?,15?,17?/m1/s1. The smallest absolute Gasteiger partial charge is 0.155 e. The molecular formula is C17H27NO2. The normalized spacial score (nSPS) is 45.5. The second kappa shape index (κ2) is 4.81.